The summed E-state index contributed by atoms with van der Waals surface area (Å²) in [6, 6.07) is 9.13. The molecule has 0 aliphatic heterocycles. The largest absolute Gasteiger partial charge is 1.00 e. The van der Waals surface area contributed by atoms with Crippen molar-refractivity contribution in [2.75, 3.05) is 0 Å². The summed E-state index contributed by atoms with van der Waals surface area (Å²) in [6.07, 6.45) is 10.7. The van der Waals surface area contributed by atoms with Crippen molar-refractivity contribution >= 4 is 14.0 Å². The second-order valence-electron chi connectivity index (χ2n) is 8.78. The molecule has 0 N–H and O–H groups in total. The van der Waals surface area contributed by atoms with E-state index in [0.717, 1.165) is 0 Å². The average molecular weight is 443 g/mol. The number of allylic oxidation sites excluding steroid dienone is 5. The molecular formula is C22H29Cl2PTi. The summed E-state index contributed by atoms with van der Waals surface area (Å²) in [5.74, 6) is 0. The predicted octanol–water partition coefficient (Wildman–Crippen LogP) is 1.10. The van der Waals surface area contributed by atoms with Crippen LogP contribution in [0.2, 0.25) is 0 Å². The SMILES string of the molecule is CC(C)(C)P(C1=Cc2ccccc2[CH]1[Ti+2][C]1=CC=CC1)C(C)(C)C.[Cl-].[Cl-]. The van der Waals surface area contributed by atoms with Gasteiger partial charge in [-0.05, 0) is 0 Å². The van der Waals surface area contributed by atoms with Crippen LogP contribution in [0, 0.1) is 0 Å². The number of hydrogen-bond acceptors (Lipinski definition) is 0. The van der Waals surface area contributed by atoms with E-state index in [1.807, 2.05) is 0 Å². The van der Waals surface area contributed by atoms with Crippen LogP contribution in [0.3, 0.4) is 0 Å². The molecule has 1 unspecified atom stereocenters. The molecular weight excluding hydrogens is 414 g/mol. The van der Waals surface area contributed by atoms with E-state index in [0.29, 0.717) is 14.5 Å². The Balaban J connectivity index is 0.00000169. The van der Waals surface area contributed by atoms with Crippen LogP contribution in [-0.4, -0.2) is 10.3 Å². The molecule has 2 aliphatic rings. The number of benzene rings is 1. The first kappa shape index (κ1) is 24.2. The molecule has 1 atom stereocenters. The molecule has 4 heteroatoms. The number of hydrogen-bond donors (Lipinski definition) is 0. The van der Waals surface area contributed by atoms with Crippen molar-refractivity contribution in [3.63, 3.8) is 0 Å². The normalized spacial score (nSPS) is 18.5. The average Bonchev–Trinajstić information content (AvgIpc) is 3.05. The van der Waals surface area contributed by atoms with Gasteiger partial charge in [-0.1, -0.05) is 0 Å². The van der Waals surface area contributed by atoms with Crippen molar-refractivity contribution in [3.05, 3.63) is 62.8 Å². The first-order valence-electron chi connectivity index (χ1n) is 8.91. The Kier molecular flexibility index (Phi) is 8.48. The standard InChI is InChI=1S/C17H24P.C5H5.2ClH.Ti/c1-16(2,3)18(17(4,5)6)15-11-13-9-7-8-10-14(13)12-15;1-2-4-5-3-1;;;/h7-12H,1-6H3;1-3H,4H2;2*1H;/q;;;;+2/p-2. The van der Waals surface area contributed by atoms with Crippen molar-refractivity contribution < 1.29 is 44.0 Å². The van der Waals surface area contributed by atoms with Crippen LogP contribution in [-0.2, 0) is 19.2 Å². The first-order valence-corrected chi connectivity index (χ1v) is 11.9. The van der Waals surface area contributed by atoms with E-state index >= 15 is 0 Å². The molecule has 0 spiro atoms. The van der Waals surface area contributed by atoms with Gasteiger partial charge in [-0.15, -0.1) is 0 Å². The van der Waals surface area contributed by atoms with E-state index in [1.165, 1.54) is 12.0 Å². The molecule has 0 heterocycles. The third kappa shape index (κ3) is 5.15. The minimum Gasteiger partial charge on any atom is -1.00 e. The van der Waals surface area contributed by atoms with Gasteiger partial charge in [0.1, 0.15) is 0 Å². The molecule has 0 amide bonds. The van der Waals surface area contributed by atoms with Gasteiger partial charge in [-0.3, -0.25) is 0 Å². The molecule has 0 aromatic heterocycles. The van der Waals surface area contributed by atoms with Crippen molar-refractivity contribution in [3.8, 4) is 0 Å². The molecule has 0 bridgehead atoms. The fourth-order valence-corrected chi connectivity index (χ4v) is 11.5. The Bertz CT molecular complexity index is 706. The minimum atomic E-state index is -0.205. The molecule has 2 aliphatic carbocycles. The van der Waals surface area contributed by atoms with Crippen LogP contribution in [0.1, 0.15) is 63.3 Å². The zero-order chi connectivity index (χ0) is 17.5. The zero-order valence-electron chi connectivity index (χ0n) is 16.6. The molecule has 26 heavy (non-hydrogen) atoms. The summed E-state index contributed by atoms with van der Waals surface area (Å²) in [6.45, 7) is 14.7. The second-order valence-corrected chi connectivity index (χ2v) is 15.0. The number of halogens is 2. The Labute approximate surface area is 182 Å². The van der Waals surface area contributed by atoms with E-state index in [1.54, 1.807) is 14.8 Å². The maximum atomic E-state index is 2.56. The number of rotatable bonds is 3. The van der Waals surface area contributed by atoms with Crippen LogP contribution >= 0.6 is 7.92 Å². The van der Waals surface area contributed by atoms with Gasteiger partial charge < -0.3 is 24.8 Å². The van der Waals surface area contributed by atoms with Gasteiger partial charge in [0.15, 0.2) is 0 Å². The van der Waals surface area contributed by atoms with E-state index in [4.69, 9.17) is 0 Å². The first-order chi connectivity index (χ1) is 11.2. The van der Waals surface area contributed by atoms with Crippen LogP contribution in [0.4, 0.5) is 0 Å². The van der Waals surface area contributed by atoms with E-state index in [2.05, 4.69) is 90.1 Å². The summed E-state index contributed by atoms with van der Waals surface area (Å²) >= 11 is -0.156. The molecule has 140 valence electrons. The molecule has 0 nitrogen and oxygen atoms in total. The molecule has 1 aromatic carbocycles. The maximum Gasteiger partial charge on any atom is -1.00 e. The third-order valence-electron chi connectivity index (χ3n) is 4.61. The van der Waals surface area contributed by atoms with Crippen molar-refractivity contribution in [2.45, 2.75) is 62.5 Å². The van der Waals surface area contributed by atoms with Gasteiger partial charge in [0.25, 0.3) is 0 Å². The smallest absolute Gasteiger partial charge is 1.00 e. The summed E-state index contributed by atoms with van der Waals surface area (Å²) < 4.78 is 2.40. The quantitative estimate of drug-likeness (QED) is 0.485. The van der Waals surface area contributed by atoms with Gasteiger partial charge in [0.05, 0.1) is 0 Å². The summed E-state index contributed by atoms with van der Waals surface area (Å²) in [4.78, 5) is 0. The van der Waals surface area contributed by atoms with Crippen LogP contribution in [0.15, 0.2) is 51.7 Å². The Morgan fingerprint density at radius 1 is 0.962 bits per heavy atom. The van der Waals surface area contributed by atoms with Gasteiger partial charge in [-0.2, -0.15) is 0 Å². The topological polar surface area (TPSA) is 0 Å². The predicted molar refractivity (Wildman–Crippen MR) is 105 cm³/mol. The second kappa shape index (κ2) is 9.11. The molecule has 0 fully saturated rings. The Morgan fingerprint density at radius 2 is 1.58 bits per heavy atom. The van der Waals surface area contributed by atoms with Crippen molar-refractivity contribution in [2.24, 2.45) is 0 Å². The Morgan fingerprint density at radius 3 is 2.12 bits per heavy atom. The maximum absolute atomic E-state index is 2.56. The minimum absolute atomic E-state index is 0. The van der Waals surface area contributed by atoms with Crippen LogP contribution in [0.5, 0.6) is 0 Å². The van der Waals surface area contributed by atoms with Crippen molar-refractivity contribution in [1.29, 1.82) is 0 Å². The molecule has 0 radical (unpaired) electrons. The third-order valence-corrected chi connectivity index (χ3v) is 11.2. The monoisotopic (exact) mass is 442 g/mol. The summed E-state index contributed by atoms with van der Waals surface area (Å²) in [5, 5.41) is 2.45. The fraction of sp³-hybridized carbons (Fsp3) is 0.455. The summed E-state index contributed by atoms with van der Waals surface area (Å²) in [5.41, 5.74) is 3.08. The van der Waals surface area contributed by atoms with Crippen molar-refractivity contribution in [1.82, 2.24) is 0 Å². The number of fused-ring (bicyclic) bond motifs is 1. The van der Waals surface area contributed by atoms with Gasteiger partial charge in [0.2, 0.25) is 0 Å². The van der Waals surface area contributed by atoms with E-state index < -0.39 is 0 Å². The zero-order valence-corrected chi connectivity index (χ0v) is 20.6. The fourth-order valence-electron chi connectivity index (χ4n) is 4.17. The van der Waals surface area contributed by atoms with Gasteiger partial charge in [0, 0.05) is 0 Å². The van der Waals surface area contributed by atoms with Gasteiger partial charge >= 0.3 is 158 Å². The summed E-state index contributed by atoms with van der Waals surface area (Å²) in [7, 11) is -0.205. The molecule has 3 rings (SSSR count). The van der Waals surface area contributed by atoms with Crippen LogP contribution < -0.4 is 24.8 Å². The molecule has 1 aromatic rings. The van der Waals surface area contributed by atoms with E-state index in [9.17, 15) is 0 Å². The van der Waals surface area contributed by atoms with E-state index in [-0.39, 0.29) is 51.9 Å². The Hall–Kier alpha value is 0.164. The molecule has 0 saturated carbocycles. The molecule has 0 saturated heterocycles. The van der Waals surface area contributed by atoms with Gasteiger partial charge in [-0.25, -0.2) is 0 Å². The van der Waals surface area contributed by atoms with Crippen LogP contribution in [0.25, 0.3) is 6.08 Å².